The average Bonchev–Trinajstić information content (AvgIpc) is 3.07. The molecule has 48 heavy (non-hydrogen) atoms. The molecule has 3 rings (SSSR count). The van der Waals surface area contributed by atoms with Gasteiger partial charge in [-0.05, 0) is 19.2 Å². The zero-order chi connectivity index (χ0) is 35.1. The fourth-order valence-corrected chi connectivity index (χ4v) is 3.21. The van der Waals surface area contributed by atoms with Gasteiger partial charge in [0.25, 0.3) is 5.95 Å². The molecular weight excluding hydrogens is 644 g/mol. The molecule has 0 aliphatic rings. The van der Waals surface area contributed by atoms with Crippen LogP contribution in [0.2, 0.25) is 0 Å². The second-order valence-electron chi connectivity index (χ2n) is 8.87. The molecule has 0 spiro atoms. The van der Waals surface area contributed by atoms with Gasteiger partial charge in [0.05, 0.1) is 24.3 Å². The number of para-hydroxylation sites is 2. The van der Waals surface area contributed by atoms with E-state index < -0.39 is 36.3 Å². The smallest absolute Gasteiger partial charge is 0.423 e. The molecule has 0 saturated heterocycles. The maximum Gasteiger partial charge on any atom is 0.423 e. The van der Waals surface area contributed by atoms with Crippen LogP contribution in [0.15, 0.2) is 37.1 Å². The van der Waals surface area contributed by atoms with Crippen molar-refractivity contribution in [3.05, 3.63) is 42.9 Å². The van der Waals surface area contributed by atoms with Crippen LogP contribution >= 0.6 is 0 Å². The number of hydrogen-bond donors (Lipinski definition) is 7. The summed E-state index contributed by atoms with van der Waals surface area (Å²) in [6.45, 7) is 3.37. The van der Waals surface area contributed by atoms with Crippen molar-refractivity contribution in [2.75, 3.05) is 42.2 Å². The van der Waals surface area contributed by atoms with Crippen LogP contribution in [0.4, 0.5) is 35.2 Å². The molecule has 24 heteroatoms. The molecule has 1 atom stereocenters. The highest BCUT2D eigenvalue weighted by molar-refractivity contribution is 6.32. The summed E-state index contributed by atoms with van der Waals surface area (Å²) in [6.07, 6.45) is -1.40. The first-order valence-corrected chi connectivity index (χ1v) is 13.2. The van der Waals surface area contributed by atoms with E-state index in [9.17, 15) is 19.2 Å². The number of ether oxygens (including phenoxy) is 1. The largest absolute Gasteiger partial charge is 0.447 e. The lowest BCUT2D eigenvalue weighted by Gasteiger charge is -2.18. The van der Waals surface area contributed by atoms with Gasteiger partial charge in [-0.2, -0.15) is 52.7 Å². The standard InChI is InChI=1S/C24H30N14O10/c1-5-43-48-36-17(40)19(42)47-37-22-31-15(11-27-2)30-20(32-22)28-12-8-6-7-9-13(12)29-21-33-23(38(3)4)35-24(34-21)44-14(18(41)46-26)10-16(39)45-25/h5-9,14,27H,1,10-11,25-26H2,2-4H3,(H,36,40)(H,29,33,34,35)(H2,28,30,31,32,37). The topological polar surface area (TPSA) is 316 Å². The Morgan fingerprint density at radius 3 is 2.21 bits per heavy atom. The third kappa shape index (κ3) is 10.8. The van der Waals surface area contributed by atoms with E-state index in [0.717, 1.165) is 6.26 Å². The number of amides is 1. The van der Waals surface area contributed by atoms with Crippen LogP contribution in [-0.2, 0) is 50.1 Å². The van der Waals surface area contributed by atoms with E-state index in [0.29, 0.717) is 11.4 Å². The normalized spacial score (nSPS) is 10.9. The van der Waals surface area contributed by atoms with Gasteiger partial charge in [0.1, 0.15) is 12.1 Å². The molecule has 1 amide bonds. The van der Waals surface area contributed by atoms with Gasteiger partial charge in [-0.3, -0.25) is 9.59 Å². The van der Waals surface area contributed by atoms with Crippen LogP contribution in [0, 0.1) is 0 Å². The van der Waals surface area contributed by atoms with Crippen LogP contribution in [0.25, 0.3) is 0 Å². The third-order valence-electron chi connectivity index (χ3n) is 5.22. The van der Waals surface area contributed by atoms with Gasteiger partial charge in [0.2, 0.25) is 23.9 Å². The molecule has 3 aromatic rings. The number of carbonyl (C=O) groups excluding carboxylic acids is 4. The summed E-state index contributed by atoms with van der Waals surface area (Å²) in [5.41, 5.74) is 4.61. The molecule has 256 valence electrons. The zero-order valence-corrected chi connectivity index (χ0v) is 25.5. The second-order valence-corrected chi connectivity index (χ2v) is 8.87. The van der Waals surface area contributed by atoms with E-state index in [2.05, 4.69) is 77.5 Å². The second kappa shape index (κ2) is 17.8. The highest BCUT2D eigenvalue weighted by Gasteiger charge is 2.28. The summed E-state index contributed by atoms with van der Waals surface area (Å²) in [4.78, 5) is 95.6. The summed E-state index contributed by atoms with van der Waals surface area (Å²) in [5, 5.41) is 8.88. The van der Waals surface area contributed by atoms with Crippen molar-refractivity contribution in [3.8, 4) is 6.01 Å². The monoisotopic (exact) mass is 674 g/mol. The lowest BCUT2D eigenvalue weighted by Crippen LogP contribution is -2.35. The number of benzene rings is 1. The summed E-state index contributed by atoms with van der Waals surface area (Å²) < 4.78 is 5.49. The number of hydrogen-bond acceptors (Lipinski definition) is 23. The SMILES string of the molecule is C=COONC(=O)C(=O)ONc1nc(CNC)nc(Nc2ccccc2Nc2nc(OC(CC(=O)ON)C(=O)ON)nc(N(C)C)n2)n1. The first kappa shape index (κ1) is 36.0. The van der Waals surface area contributed by atoms with Gasteiger partial charge in [-0.1, -0.05) is 23.7 Å². The minimum absolute atomic E-state index is 0.0150. The lowest BCUT2D eigenvalue weighted by atomic mass is 10.2. The molecule has 1 aromatic carbocycles. The Morgan fingerprint density at radius 1 is 0.938 bits per heavy atom. The van der Waals surface area contributed by atoms with Gasteiger partial charge < -0.3 is 45.0 Å². The molecule has 9 N–H and O–H groups in total. The Morgan fingerprint density at radius 2 is 1.60 bits per heavy atom. The number of anilines is 6. The highest BCUT2D eigenvalue weighted by Crippen LogP contribution is 2.27. The van der Waals surface area contributed by atoms with E-state index >= 15 is 0 Å². The summed E-state index contributed by atoms with van der Waals surface area (Å²) >= 11 is 0. The number of nitrogens with one attached hydrogen (secondary N) is 5. The molecule has 0 fully saturated rings. The van der Waals surface area contributed by atoms with E-state index in [-0.39, 0.29) is 42.2 Å². The molecule has 24 nitrogen and oxygen atoms in total. The summed E-state index contributed by atoms with van der Waals surface area (Å²) in [5.74, 6) is 5.00. The number of hydroxylamine groups is 1. The zero-order valence-electron chi connectivity index (χ0n) is 25.5. The lowest BCUT2D eigenvalue weighted by molar-refractivity contribution is -0.288. The minimum atomic E-state index is -1.60. The molecule has 1 unspecified atom stereocenters. The Balaban J connectivity index is 1.86. The molecule has 0 bridgehead atoms. The molecule has 2 heterocycles. The van der Waals surface area contributed by atoms with Crippen molar-refractivity contribution >= 4 is 59.0 Å². The van der Waals surface area contributed by atoms with Gasteiger partial charge in [0, 0.05) is 14.1 Å². The van der Waals surface area contributed by atoms with Crippen molar-refractivity contribution in [3.63, 3.8) is 0 Å². The Labute approximate surface area is 270 Å². The Hall–Kier alpha value is -6.50. The van der Waals surface area contributed by atoms with Gasteiger partial charge in [-0.15, -0.1) is 0 Å². The molecule has 0 saturated carbocycles. The van der Waals surface area contributed by atoms with E-state index in [1.165, 1.54) is 4.90 Å². The van der Waals surface area contributed by atoms with E-state index in [1.54, 1.807) is 50.9 Å². The van der Waals surface area contributed by atoms with Crippen molar-refractivity contribution in [2.45, 2.75) is 19.1 Å². The van der Waals surface area contributed by atoms with Crippen molar-refractivity contribution < 1.29 is 48.3 Å². The van der Waals surface area contributed by atoms with Gasteiger partial charge in [0.15, 0.2) is 0 Å². The summed E-state index contributed by atoms with van der Waals surface area (Å²) in [7, 11) is 4.93. The van der Waals surface area contributed by atoms with Crippen molar-refractivity contribution in [1.82, 2.24) is 40.7 Å². The Bertz CT molecular complexity index is 1610. The van der Waals surface area contributed by atoms with Crippen LogP contribution in [0.3, 0.4) is 0 Å². The predicted molar refractivity (Wildman–Crippen MR) is 160 cm³/mol. The van der Waals surface area contributed by atoms with Crippen LogP contribution in [0.1, 0.15) is 12.2 Å². The molecule has 0 aliphatic carbocycles. The van der Waals surface area contributed by atoms with Crippen LogP contribution in [0.5, 0.6) is 6.01 Å². The molecular formula is C24H30N14O10. The first-order chi connectivity index (χ1) is 23.1. The highest BCUT2D eigenvalue weighted by atomic mass is 17.3. The molecule has 0 aliphatic heterocycles. The number of rotatable bonds is 17. The van der Waals surface area contributed by atoms with Gasteiger partial charge >= 0.3 is 29.8 Å². The first-order valence-electron chi connectivity index (χ1n) is 13.2. The maximum atomic E-state index is 12.1. The predicted octanol–water partition coefficient (Wildman–Crippen LogP) is -1.71. The minimum Gasteiger partial charge on any atom is -0.447 e. The number of carbonyl (C=O) groups is 4. The Kier molecular flexibility index (Phi) is 13.4. The van der Waals surface area contributed by atoms with Crippen LogP contribution in [-0.4, -0.2) is 81.0 Å². The maximum absolute atomic E-state index is 12.1. The fourth-order valence-electron chi connectivity index (χ4n) is 3.21. The molecule has 2 aromatic heterocycles. The van der Waals surface area contributed by atoms with Crippen molar-refractivity contribution in [1.29, 1.82) is 0 Å². The van der Waals surface area contributed by atoms with E-state index in [1.807, 2.05) is 0 Å². The fraction of sp³-hybridized carbons (Fsp3) is 0.250. The van der Waals surface area contributed by atoms with Crippen molar-refractivity contribution in [2.24, 2.45) is 11.8 Å². The number of nitrogens with zero attached hydrogens (tertiary/aromatic N) is 7. The third-order valence-corrected chi connectivity index (χ3v) is 5.22. The quantitative estimate of drug-likeness (QED) is 0.0275. The number of nitrogens with two attached hydrogens (primary N) is 2. The summed E-state index contributed by atoms with van der Waals surface area (Å²) in [6, 6.07) is 6.33. The van der Waals surface area contributed by atoms with Gasteiger partial charge in [-0.25, -0.2) is 9.59 Å². The van der Waals surface area contributed by atoms with E-state index in [4.69, 9.17) is 21.4 Å². The molecule has 0 radical (unpaired) electrons. The number of aromatic nitrogens is 6. The average molecular weight is 675 g/mol. The van der Waals surface area contributed by atoms with Crippen LogP contribution < -0.4 is 48.3 Å².